The van der Waals surface area contributed by atoms with Crippen molar-refractivity contribution in [2.75, 3.05) is 25.5 Å². The summed E-state index contributed by atoms with van der Waals surface area (Å²) < 4.78 is 17.2. The fourth-order valence-electron chi connectivity index (χ4n) is 4.38. The summed E-state index contributed by atoms with van der Waals surface area (Å²) in [7, 11) is 0. The summed E-state index contributed by atoms with van der Waals surface area (Å²) in [5.74, 6) is -0.730. The summed E-state index contributed by atoms with van der Waals surface area (Å²) in [5, 5.41) is 22.8. The molecule has 3 aromatic carbocycles. The number of β-lactam (4-membered cyclic amide) rings is 1. The fourth-order valence-corrected chi connectivity index (χ4v) is 6.52. The second-order valence-corrected chi connectivity index (χ2v) is 12.0. The molecule has 2 amide bonds. The van der Waals surface area contributed by atoms with Crippen molar-refractivity contribution in [3.8, 4) is 28.7 Å². The molecule has 220 valence electrons. The van der Waals surface area contributed by atoms with Crippen LogP contribution in [-0.2, 0) is 14.4 Å². The summed E-state index contributed by atoms with van der Waals surface area (Å²) in [6.45, 7) is -0.729. The molecule has 2 aliphatic rings. The predicted molar refractivity (Wildman–Crippen MR) is 157 cm³/mol. The number of carbonyl (C=O) groups excluding carboxylic acids is 2. The third kappa shape index (κ3) is 6.44. The van der Waals surface area contributed by atoms with Gasteiger partial charge in [-0.2, -0.15) is 0 Å². The highest BCUT2D eigenvalue weighted by Crippen LogP contribution is 2.44. The molecule has 10 nitrogen and oxygen atoms in total. The number of amides is 2. The first kappa shape index (κ1) is 30.0. The Bertz CT molecular complexity index is 1530. The normalized spacial score (nSPS) is 21.1. The number of carboxylic acids is 1. The van der Waals surface area contributed by atoms with Crippen molar-refractivity contribution in [2.45, 2.75) is 11.4 Å². The number of aromatic hydroxyl groups is 1. The van der Waals surface area contributed by atoms with Gasteiger partial charge in [0, 0.05) is 28.4 Å². The number of fused-ring (bicyclic) bond motifs is 1. The molecular weight excluding hydrogens is 631 g/mol. The van der Waals surface area contributed by atoms with Crippen molar-refractivity contribution >= 4 is 64.3 Å². The lowest BCUT2D eigenvalue weighted by Gasteiger charge is -2.53. The minimum Gasteiger partial charge on any atom is -0.508 e. The summed E-state index contributed by atoms with van der Waals surface area (Å²) in [6, 6.07) is 14.4. The van der Waals surface area contributed by atoms with Crippen LogP contribution in [0, 0.1) is 5.41 Å². The summed E-state index contributed by atoms with van der Waals surface area (Å²) in [6.07, 6.45) is 0. The number of carboxylic acid groups (broad SMARTS) is 1. The number of rotatable bonds is 10. The molecule has 0 saturated carbocycles. The molecule has 2 unspecified atom stereocenters. The van der Waals surface area contributed by atoms with Crippen LogP contribution in [-0.4, -0.2) is 69.8 Å². The Balaban J connectivity index is 1.22. The topological polar surface area (TPSA) is 135 Å². The highest BCUT2D eigenvalue weighted by Gasteiger charge is 2.58. The first-order chi connectivity index (χ1) is 20.0. The molecule has 2 fully saturated rings. The molecule has 2 heterocycles. The molecule has 0 spiro atoms. The number of hydrogen-bond acceptors (Lipinski definition) is 8. The van der Waals surface area contributed by atoms with Crippen LogP contribution in [0.5, 0.6) is 28.7 Å². The van der Waals surface area contributed by atoms with Gasteiger partial charge in [0.1, 0.15) is 40.7 Å². The Morgan fingerprint density at radius 1 is 0.976 bits per heavy atom. The highest BCUT2D eigenvalue weighted by atomic mass is 35.5. The molecule has 0 aliphatic carbocycles. The molecule has 0 bridgehead atoms. The maximum Gasteiger partial charge on any atom is 0.315 e. The molecule has 2 saturated heterocycles. The van der Waals surface area contributed by atoms with E-state index in [1.807, 2.05) is 0 Å². The van der Waals surface area contributed by atoms with E-state index in [-0.39, 0.29) is 47.8 Å². The van der Waals surface area contributed by atoms with Gasteiger partial charge in [0.05, 0.1) is 5.02 Å². The van der Waals surface area contributed by atoms with Crippen LogP contribution in [0.3, 0.4) is 0 Å². The number of benzene rings is 3. The molecule has 3 N–H and O–H groups in total. The number of halogens is 3. The van der Waals surface area contributed by atoms with Crippen molar-refractivity contribution in [1.82, 2.24) is 10.2 Å². The van der Waals surface area contributed by atoms with Gasteiger partial charge in [-0.15, -0.1) is 11.8 Å². The smallest absolute Gasteiger partial charge is 0.315 e. The van der Waals surface area contributed by atoms with E-state index in [0.29, 0.717) is 21.5 Å². The van der Waals surface area contributed by atoms with Crippen molar-refractivity contribution < 1.29 is 38.8 Å². The average molecular weight is 654 g/mol. The maximum absolute atomic E-state index is 12.9. The Labute approximate surface area is 259 Å². The number of aliphatic carboxylic acids is 1. The van der Waals surface area contributed by atoms with Crippen LogP contribution in [0.2, 0.25) is 15.1 Å². The fraction of sp³-hybridized carbons (Fsp3) is 0.250. The molecule has 14 heteroatoms. The van der Waals surface area contributed by atoms with Crippen LogP contribution >= 0.6 is 46.6 Å². The lowest BCUT2D eigenvalue weighted by atomic mass is 9.88. The van der Waals surface area contributed by atoms with E-state index in [9.17, 15) is 24.6 Å². The van der Waals surface area contributed by atoms with Crippen molar-refractivity contribution in [3.63, 3.8) is 0 Å². The highest BCUT2D eigenvalue weighted by molar-refractivity contribution is 8.00. The van der Waals surface area contributed by atoms with Gasteiger partial charge >= 0.3 is 5.97 Å². The number of phenolic OH excluding ortho intramolecular Hbond substituents is 1. The first-order valence-corrected chi connectivity index (χ1v) is 14.6. The lowest BCUT2D eigenvalue weighted by molar-refractivity contribution is -0.160. The number of carbonyl (C=O) groups is 3. The Hall–Kier alpha value is -3.51. The Morgan fingerprint density at radius 3 is 2.36 bits per heavy atom. The molecule has 3 atom stereocenters. The molecule has 0 radical (unpaired) electrons. The van der Waals surface area contributed by atoms with Gasteiger partial charge in [-0.25, -0.2) is 0 Å². The van der Waals surface area contributed by atoms with E-state index in [0.717, 1.165) is 0 Å². The maximum atomic E-state index is 12.9. The standard InChI is InChI=1S/C28H23Cl3N2O8S/c29-15-1-7-20(19(31)9-15)41-21-8-2-16(30)10-22(21)40-13-28(27(37)38)12-33-25(36)24(26(33)42-14-28)32-23(35)11-39-18-5-3-17(34)4-6-18/h1-10,24,26,34H,11-14H2,(H,32,35)(H,37,38)/t24?,26-,28?/m1/s1. The van der Waals surface area contributed by atoms with E-state index in [1.165, 1.54) is 53.1 Å². The molecular formula is C28H23Cl3N2O8S. The SMILES string of the molecule is O=C(COc1ccc(O)cc1)NC1C(=O)N2CC(COc3cc(Cl)ccc3Oc3ccc(Cl)cc3Cl)(C(=O)O)CS[C@H]12. The van der Waals surface area contributed by atoms with E-state index in [2.05, 4.69) is 5.32 Å². The number of ether oxygens (including phenoxy) is 3. The number of phenols is 1. The minimum absolute atomic E-state index is 0.0632. The number of thioether (sulfide) groups is 1. The summed E-state index contributed by atoms with van der Waals surface area (Å²) in [4.78, 5) is 39.2. The largest absolute Gasteiger partial charge is 0.508 e. The van der Waals surface area contributed by atoms with Crippen LogP contribution in [0.4, 0.5) is 0 Å². The van der Waals surface area contributed by atoms with Gasteiger partial charge in [-0.05, 0) is 54.6 Å². The quantitative estimate of drug-likeness (QED) is 0.256. The third-order valence-electron chi connectivity index (χ3n) is 6.65. The molecule has 3 aromatic rings. The predicted octanol–water partition coefficient (Wildman–Crippen LogP) is 5.07. The van der Waals surface area contributed by atoms with Crippen LogP contribution in [0.25, 0.3) is 0 Å². The van der Waals surface area contributed by atoms with Gasteiger partial charge in [0.15, 0.2) is 18.1 Å². The van der Waals surface area contributed by atoms with Gasteiger partial charge < -0.3 is 34.6 Å². The van der Waals surface area contributed by atoms with Gasteiger partial charge in [0.2, 0.25) is 5.91 Å². The van der Waals surface area contributed by atoms with Crippen LogP contribution in [0.15, 0.2) is 60.7 Å². The molecule has 2 aliphatic heterocycles. The number of hydrogen-bond donors (Lipinski definition) is 3. The summed E-state index contributed by atoms with van der Waals surface area (Å²) in [5.41, 5.74) is -1.44. The van der Waals surface area contributed by atoms with Crippen molar-refractivity contribution in [2.24, 2.45) is 5.41 Å². The third-order valence-corrected chi connectivity index (χ3v) is 9.00. The van der Waals surface area contributed by atoms with E-state index < -0.39 is 34.6 Å². The Morgan fingerprint density at radius 2 is 1.67 bits per heavy atom. The van der Waals surface area contributed by atoms with Gasteiger partial charge in [-0.1, -0.05) is 34.8 Å². The number of nitrogens with one attached hydrogen (secondary N) is 1. The second kappa shape index (κ2) is 12.4. The molecule has 0 aromatic heterocycles. The van der Waals surface area contributed by atoms with Crippen LogP contribution in [0.1, 0.15) is 0 Å². The zero-order chi connectivity index (χ0) is 30.0. The second-order valence-electron chi connectivity index (χ2n) is 9.64. The lowest BCUT2D eigenvalue weighted by Crippen LogP contribution is -2.74. The van der Waals surface area contributed by atoms with E-state index in [4.69, 9.17) is 49.0 Å². The molecule has 42 heavy (non-hydrogen) atoms. The van der Waals surface area contributed by atoms with Crippen molar-refractivity contribution in [1.29, 1.82) is 0 Å². The van der Waals surface area contributed by atoms with Crippen LogP contribution < -0.4 is 19.5 Å². The van der Waals surface area contributed by atoms with Crippen molar-refractivity contribution in [3.05, 3.63) is 75.7 Å². The molecule has 5 rings (SSSR count). The Kier molecular flexibility index (Phi) is 8.84. The average Bonchev–Trinajstić information content (AvgIpc) is 2.96. The van der Waals surface area contributed by atoms with Gasteiger partial charge in [-0.3, -0.25) is 14.4 Å². The van der Waals surface area contributed by atoms with E-state index in [1.54, 1.807) is 24.3 Å². The monoisotopic (exact) mass is 652 g/mol. The first-order valence-electron chi connectivity index (χ1n) is 12.5. The summed E-state index contributed by atoms with van der Waals surface area (Å²) >= 11 is 19.6. The zero-order valence-corrected chi connectivity index (χ0v) is 24.7. The zero-order valence-electron chi connectivity index (χ0n) is 21.6. The van der Waals surface area contributed by atoms with E-state index >= 15 is 0 Å². The number of nitrogens with zero attached hydrogens (tertiary/aromatic N) is 1. The van der Waals surface area contributed by atoms with Gasteiger partial charge in [0.25, 0.3) is 5.91 Å². The minimum atomic E-state index is -1.44.